The van der Waals surface area contributed by atoms with E-state index in [-0.39, 0.29) is 12.5 Å². The van der Waals surface area contributed by atoms with Crippen molar-refractivity contribution in [2.75, 3.05) is 12.4 Å². The van der Waals surface area contributed by atoms with Crippen molar-refractivity contribution in [2.24, 2.45) is 0 Å². The highest BCUT2D eigenvalue weighted by Crippen LogP contribution is 2.17. The van der Waals surface area contributed by atoms with Gasteiger partial charge in [-0.3, -0.25) is 4.79 Å². The van der Waals surface area contributed by atoms with E-state index in [2.05, 4.69) is 25.7 Å². The Morgan fingerprint density at radius 2 is 2.04 bits per heavy atom. The van der Waals surface area contributed by atoms with Crippen molar-refractivity contribution >= 4 is 23.2 Å². The highest BCUT2D eigenvalue weighted by atomic mass is 35.5. The summed E-state index contributed by atoms with van der Waals surface area (Å²) in [7, 11) is 1.52. The van der Waals surface area contributed by atoms with Crippen LogP contribution in [0.1, 0.15) is 0 Å². The molecule has 24 heavy (non-hydrogen) atoms. The minimum atomic E-state index is -0.290. The fourth-order valence-electron chi connectivity index (χ4n) is 1.93. The molecule has 1 aromatic carbocycles. The smallest absolute Gasteiger partial charge is 0.248 e. The first-order valence-electron chi connectivity index (χ1n) is 6.98. The Morgan fingerprint density at radius 3 is 2.71 bits per heavy atom. The van der Waals surface area contributed by atoms with Crippen molar-refractivity contribution in [3.05, 3.63) is 47.6 Å². The number of carbonyl (C=O) groups is 1. The van der Waals surface area contributed by atoms with E-state index >= 15 is 0 Å². The van der Waals surface area contributed by atoms with Gasteiger partial charge in [0.15, 0.2) is 0 Å². The first-order valence-corrected chi connectivity index (χ1v) is 7.35. The van der Waals surface area contributed by atoms with Gasteiger partial charge in [-0.1, -0.05) is 11.6 Å². The molecule has 0 radical (unpaired) electrons. The van der Waals surface area contributed by atoms with Crippen molar-refractivity contribution < 1.29 is 9.53 Å². The van der Waals surface area contributed by atoms with Gasteiger partial charge in [-0.25, -0.2) is 4.98 Å². The molecule has 3 rings (SSSR count). The van der Waals surface area contributed by atoms with E-state index in [9.17, 15) is 4.79 Å². The molecule has 0 atom stereocenters. The number of pyridine rings is 1. The molecule has 9 heteroatoms. The van der Waals surface area contributed by atoms with Gasteiger partial charge in [-0.05, 0) is 35.5 Å². The van der Waals surface area contributed by atoms with Crippen LogP contribution in [-0.4, -0.2) is 38.2 Å². The molecule has 0 aliphatic carbocycles. The number of amides is 1. The number of ether oxygens (including phenoxy) is 1. The minimum Gasteiger partial charge on any atom is -0.481 e. The van der Waals surface area contributed by atoms with Crippen LogP contribution in [0.3, 0.4) is 0 Å². The maximum atomic E-state index is 12.0. The molecule has 2 aromatic heterocycles. The topological polar surface area (TPSA) is 94.8 Å². The summed E-state index contributed by atoms with van der Waals surface area (Å²) in [6.45, 7) is -0.0629. The van der Waals surface area contributed by atoms with Gasteiger partial charge in [0.25, 0.3) is 0 Å². The number of carbonyl (C=O) groups excluding carboxylic acids is 1. The lowest BCUT2D eigenvalue weighted by atomic mass is 10.2. The van der Waals surface area contributed by atoms with Crippen LogP contribution in [-0.2, 0) is 11.3 Å². The lowest BCUT2D eigenvalue weighted by Crippen LogP contribution is -2.20. The summed E-state index contributed by atoms with van der Waals surface area (Å²) in [4.78, 5) is 17.2. The molecule has 122 valence electrons. The quantitative estimate of drug-likeness (QED) is 0.761. The van der Waals surface area contributed by atoms with Gasteiger partial charge in [-0.15, -0.1) is 10.2 Å². The van der Waals surface area contributed by atoms with Gasteiger partial charge >= 0.3 is 0 Å². The van der Waals surface area contributed by atoms with Crippen LogP contribution in [0.25, 0.3) is 11.4 Å². The fraction of sp³-hybridized carbons (Fsp3) is 0.133. The molecule has 0 aliphatic heterocycles. The third kappa shape index (κ3) is 3.85. The Kier molecular flexibility index (Phi) is 4.66. The van der Waals surface area contributed by atoms with Crippen molar-refractivity contribution in [3.63, 3.8) is 0 Å². The molecular formula is C15H13ClN6O2. The lowest BCUT2D eigenvalue weighted by Gasteiger charge is -2.04. The van der Waals surface area contributed by atoms with Crippen LogP contribution < -0.4 is 10.1 Å². The van der Waals surface area contributed by atoms with Crippen LogP contribution in [0, 0.1) is 0 Å². The van der Waals surface area contributed by atoms with E-state index in [4.69, 9.17) is 16.3 Å². The second kappa shape index (κ2) is 7.05. The van der Waals surface area contributed by atoms with E-state index in [1.807, 2.05) is 0 Å². The summed E-state index contributed by atoms with van der Waals surface area (Å²) in [6, 6.07) is 10.4. The van der Waals surface area contributed by atoms with E-state index in [0.717, 1.165) is 5.56 Å². The van der Waals surface area contributed by atoms with Gasteiger partial charge in [0.05, 0.1) is 19.0 Å². The van der Waals surface area contributed by atoms with Crippen molar-refractivity contribution in [1.82, 2.24) is 25.2 Å². The summed E-state index contributed by atoms with van der Waals surface area (Å²) in [5, 5.41) is 15.3. The van der Waals surface area contributed by atoms with Crippen LogP contribution in [0.2, 0.25) is 5.02 Å². The van der Waals surface area contributed by atoms with Gasteiger partial charge in [0.2, 0.25) is 17.6 Å². The van der Waals surface area contributed by atoms with Crippen LogP contribution in [0.15, 0.2) is 42.6 Å². The maximum absolute atomic E-state index is 12.0. The third-order valence-corrected chi connectivity index (χ3v) is 3.32. The SMILES string of the molecule is COc1ccc(NC(=O)Cn2nnc(-c3ccc(Cl)cc3)n2)cn1. The molecule has 0 bridgehead atoms. The number of halogens is 1. The number of rotatable bonds is 5. The molecule has 0 saturated carbocycles. The molecule has 0 aliphatic rings. The molecule has 2 heterocycles. The zero-order valence-corrected chi connectivity index (χ0v) is 13.4. The average molecular weight is 345 g/mol. The monoisotopic (exact) mass is 344 g/mol. The maximum Gasteiger partial charge on any atom is 0.248 e. The molecule has 0 spiro atoms. The number of benzene rings is 1. The number of hydrogen-bond donors (Lipinski definition) is 1. The largest absolute Gasteiger partial charge is 0.481 e. The van der Waals surface area contributed by atoms with Crippen LogP contribution >= 0.6 is 11.6 Å². The summed E-state index contributed by atoms with van der Waals surface area (Å²) in [5.74, 6) is 0.603. The first-order chi connectivity index (χ1) is 11.6. The van der Waals surface area contributed by atoms with Crippen molar-refractivity contribution in [3.8, 4) is 17.3 Å². The molecule has 3 aromatic rings. The molecule has 8 nitrogen and oxygen atoms in total. The Bertz CT molecular complexity index is 832. The van der Waals surface area contributed by atoms with E-state index in [0.29, 0.717) is 22.4 Å². The average Bonchev–Trinajstić information content (AvgIpc) is 3.04. The van der Waals surface area contributed by atoms with E-state index in [1.54, 1.807) is 36.4 Å². The number of methoxy groups -OCH3 is 1. The molecule has 0 fully saturated rings. The Labute approximate surface area is 142 Å². The minimum absolute atomic E-state index is 0.0629. The van der Waals surface area contributed by atoms with Crippen LogP contribution in [0.4, 0.5) is 5.69 Å². The second-order valence-electron chi connectivity index (χ2n) is 4.79. The summed E-state index contributed by atoms with van der Waals surface area (Å²) in [6.07, 6.45) is 1.50. The number of nitrogens with zero attached hydrogens (tertiary/aromatic N) is 5. The third-order valence-electron chi connectivity index (χ3n) is 3.07. The first kappa shape index (κ1) is 15.9. The van der Waals surface area contributed by atoms with Crippen LogP contribution in [0.5, 0.6) is 5.88 Å². The summed E-state index contributed by atoms with van der Waals surface area (Å²) in [5.41, 5.74) is 1.32. The Morgan fingerprint density at radius 1 is 1.25 bits per heavy atom. The number of anilines is 1. The summed E-state index contributed by atoms with van der Waals surface area (Å²) < 4.78 is 4.96. The second-order valence-corrected chi connectivity index (χ2v) is 5.22. The Hall–Kier alpha value is -3.00. The zero-order chi connectivity index (χ0) is 16.9. The zero-order valence-electron chi connectivity index (χ0n) is 12.7. The van der Waals surface area contributed by atoms with Gasteiger partial charge in [-0.2, -0.15) is 4.80 Å². The van der Waals surface area contributed by atoms with Gasteiger partial charge in [0.1, 0.15) is 6.54 Å². The standard InChI is InChI=1S/C15H13ClN6O2/c1-24-14-7-6-12(8-17-14)18-13(23)9-22-20-15(19-21-22)10-2-4-11(16)5-3-10/h2-8H,9H2,1H3,(H,18,23). The fourth-order valence-corrected chi connectivity index (χ4v) is 2.05. The Balaban J connectivity index is 1.63. The van der Waals surface area contributed by atoms with Crippen molar-refractivity contribution in [1.29, 1.82) is 0 Å². The van der Waals surface area contributed by atoms with Gasteiger partial charge < -0.3 is 10.1 Å². The molecule has 0 saturated heterocycles. The number of aromatic nitrogens is 5. The highest BCUT2D eigenvalue weighted by molar-refractivity contribution is 6.30. The summed E-state index contributed by atoms with van der Waals surface area (Å²) >= 11 is 5.84. The van der Waals surface area contributed by atoms with E-state index < -0.39 is 0 Å². The molecular weight excluding hydrogens is 332 g/mol. The van der Waals surface area contributed by atoms with Gasteiger partial charge in [0, 0.05) is 16.7 Å². The number of nitrogens with one attached hydrogen (secondary N) is 1. The predicted octanol–water partition coefficient (Wildman–Crippen LogP) is 2.04. The number of tetrazole rings is 1. The molecule has 0 unspecified atom stereocenters. The molecule has 1 N–H and O–H groups in total. The predicted molar refractivity (Wildman–Crippen MR) is 87.7 cm³/mol. The van der Waals surface area contributed by atoms with Crippen molar-refractivity contribution in [2.45, 2.75) is 6.54 Å². The van der Waals surface area contributed by atoms with E-state index in [1.165, 1.54) is 18.1 Å². The molecule has 1 amide bonds. The number of hydrogen-bond acceptors (Lipinski definition) is 6. The highest BCUT2D eigenvalue weighted by Gasteiger charge is 2.10. The lowest BCUT2D eigenvalue weighted by molar-refractivity contribution is -0.117. The normalized spacial score (nSPS) is 10.4.